The maximum Gasteiger partial charge on any atom is 0.262 e. The van der Waals surface area contributed by atoms with E-state index in [1.165, 1.54) is 0 Å². The normalized spacial score (nSPS) is 11.2. The number of nitrogens with one attached hydrogen (secondary N) is 2. The maximum absolute atomic E-state index is 12.9. The number of rotatable bonds is 7. The Hall–Kier alpha value is -2.90. The van der Waals surface area contributed by atoms with E-state index in [9.17, 15) is 17.6 Å². The Balaban J connectivity index is 1.84. The van der Waals surface area contributed by atoms with Gasteiger partial charge in [0.15, 0.2) is 0 Å². The molecule has 0 spiro atoms. The van der Waals surface area contributed by atoms with Crippen molar-refractivity contribution in [2.24, 2.45) is 0 Å². The van der Waals surface area contributed by atoms with E-state index in [2.05, 4.69) is 10.0 Å². The zero-order valence-corrected chi connectivity index (χ0v) is 18.6. The lowest BCUT2D eigenvalue weighted by molar-refractivity contribution is 0.0951. The summed E-state index contributed by atoms with van der Waals surface area (Å²) in [5.74, 6) is -0.348. The van der Waals surface area contributed by atoms with Crippen LogP contribution in [-0.4, -0.2) is 27.5 Å². The summed E-state index contributed by atoms with van der Waals surface area (Å²) in [4.78, 5) is 12.1. The Bertz CT molecular complexity index is 1210. The van der Waals surface area contributed by atoms with Gasteiger partial charge in [-0.3, -0.25) is 9.52 Å². The van der Waals surface area contributed by atoms with E-state index >= 15 is 0 Å². The predicted octanol–water partition coefficient (Wildman–Crippen LogP) is 5.12. The first kappa shape index (κ1) is 22.8. The van der Waals surface area contributed by atoms with Crippen LogP contribution in [-0.2, 0) is 10.0 Å². The van der Waals surface area contributed by atoms with Gasteiger partial charge in [0.2, 0.25) is 0 Å². The lowest BCUT2D eigenvalue weighted by Crippen LogP contribution is -2.25. The van der Waals surface area contributed by atoms with Crippen molar-refractivity contribution in [1.82, 2.24) is 5.32 Å². The van der Waals surface area contributed by atoms with Gasteiger partial charge < -0.3 is 5.32 Å². The molecule has 0 radical (unpaired) electrons. The average Bonchev–Trinajstić information content (AvgIpc) is 2.74. The molecule has 0 fully saturated rings. The summed E-state index contributed by atoms with van der Waals surface area (Å²) in [6.07, 6.45) is 0. The summed E-state index contributed by atoms with van der Waals surface area (Å²) < 4.78 is 40.7. The van der Waals surface area contributed by atoms with E-state index in [1.807, 2.05) is 6.07 Å². The number of anilines is 1. The summed E-state index contributed by atoms with van der Waals surface area (Å²) in [5.41, 5.74) is 3.65. The molecule has 3 aromatic rings. The molecule has 5 nitrogen and oxygen atoms in total. The summed E-state index contributed by atoms with van der Waals surface area (Å²) in [5, 5.41) is 2.99. The Kier molecular flexibility index (Phi) is 6.97. The van der Waals surface area contributed by atoms with Gasteiger partial charge in [-0.1, -0.05) is 35.9 Å². The van der Waals surface area contributed by atoms with Gasteiger partial charge in [0, 0.05) is 22.8 Å². The van der Waals surface area contributed by atoms with Crippen LogP contribution >= 0.6 is 11.6 Å². The molecule has 0 saturated carbocycles. The third kappa shape index (κ3) is 5.42. The van der Waals surface area contributed by atoms with Crippen molar-refractivity contribution in [2.45, 2.75) is 18.7 Å². The number of amides is 1. The highest BCUT2D eigenvalue weighted by atomic mass is 35.5. The first-order valence-corrected chi connectivity index (χ1v) is 11.4. The van der Waals surface area contributed by atoms with Gasteiger partial charge in [0.1, 0.15) is 6.67 Å². The van der Waals surface area contributed by atoms with Crippen molar-refractivity contribution in [3.63, 3.8) is 0 Å². The van der Waals surface area contributed by atoms with Crippen LogP contribution < -0.4 is 10.0 Å². The van der Waals surface area contributed by atoms with E-state index in [-0.39, 0.29) is 17.3 Å². The number of benzene rings is 3. The zero-order chi connectivity index (χ0) is 22.6. The predicted molar refractivity (Wildman–Crippen MR) is 122 cm³/mol. The first-order chi connectivity index (χ1) is 14.7. The van der Waals surface area contributed by atoms with Gasteiger partial charge in [0.25, 0.3) is 15.9 Å². The number of sulfonamides is 1. The van der Waals surface area contributed by atoms with Crippen LogP contribution in [0.25, 0.3) is 11.1 Å². The van der Waals surface area contributed by atoms with E-state index in [0.717, 1.165) is 11.1 Å². The summed E-state index contributed by atoms with van der Waals surface area (Å²) in [6, 6.07) is 16.9. The third-order valence-electron chi connectivity index (χ3n) is 4.72. The Morgan fingerprint density at radius 2 is 1.68 bits per heavy atom. The largest absolute Gasteiger partial charge is 0.349 e. The van der Waals surface area contributed by atoms with Crippen molar-refractivity contribution in [3.05, 3.63) is 82.4 Å². The molecular formula is C23H22ClFN2O3S. The molecule has 3 aromatic carbocycles. The lowest BCUT2D eigenvalue weighted by atomic mass is 10.0. The highest BCUT2D eigenvalue weighted by Crippen LogP contribution is 2.28. The topological polar surface area (TPSA) is 75.3 Å². The standard InChI is InChI=1S/C23H22ClFN2O3S/c1-15-13-22(16(2)12-21(15)24)31(29,30)27-20-5-3-4-19(14-20)17-6-8-18(9-7-17)23(28)26-11-10-25/h3-9,12-14,27H,10-11H2,1-2H3,(H,26,28). The second-order valence-corrected chi connectivity index (χ2v) is 9.13. The van der Waals surface area contributed by atoms with Gasteiger partial charge in [0.05, 0.1) is 4.90 Å². The molecule has 0 saturated heterocycles. The van der Waals surface area contributed by atoms with Gasteiger partial charge >= 0.3 is 0 Å². The van der Waals surface area contributed by atoms with Crippen molar-refractivity contribution in [3.8, 4) is 11.1 Å². The Morgan fingerprint density at radius 3 is 2.35 bits per heavy atom. The molecule has 0 aromatic heterocycles. The highest BCUT2D eigenvalue weighted by molar-refractivity contribution is 7.92. The number of halogens is 2. The Morgan fingerprint density at radius 1 is 0.968 bits per heavy atom. The van der Waals surface area contributed by atoms with Crippen molar-refractivity contribution < 1.29 is 17.6 Å². The molecule has 2 N–H and O–H groups in total. The van der Waals surface area contributed by atoms with Gasteiger partial charge in [-0.2, -0.15) is 0 Å². The SMILES string of the molecule is Cc1cc(S(=O)(=O)Nc2cccc(-c3ccc(C(=O)NCCF)cc3)c2)c(C)cc1Cl. The fraction of sp³-hybridized carbons (Fsp3) is 0.174. The van der Waals surface area contributed by atoms with Crippen molar-refractivity contribution in [1.29, 1.82) is 0 Å². The minimum atomic E-state index is -3.80. The van der Waals surface area contributed by atoms with Crippen molar-refractivity contribution >= 4 is 33.2 Å². The quantitative estimate of drug-likeness (QED) is 0.513. The molecule has 0 heterocycles. The third-order valence-corrected chi connectivity index (χ3v) is 6.65. The Labute approximate surface area is 186 Å². The van der Waals surface area contributed by atoms with Gasteiger partial charge in [-0.05, 0) is 72.5 Å². The summed E-state index contributed by atoms with van der Waals surface area (Å²) in [6.45, 7) is 2.79. The molecule has 0 aliphatic rings. The van der Waals surface area contributed by atoms with E-state index in [0.29, 0.717) is 27.4 Å². The van der Waals surface area contributed by atoms with E-state index in [4.69, 9.17) is 11.6 Å². The minimum absolute atomic E-state index is 0.0323. The lowest BCUT2D eigenvalue weighted by Gasteiger charge is -2.13. The van der Waals surface area contributed by atoms with Crippen LogP contribution in [0.5, 0.6) is 0 Å². The number of hydrogen-bond acceptors (Lipinski definition) is 3. The number of alkyl halides is 1. The molecule has 162 valence electrons. The molecule has 3 rings (SSSR count). The smallest absolute Gasteiger partial charge is 0.262 e. The first-order valence-electron chi connectivity index (χ1n) is 9.55. The van der Waals surface area contributed by atoms with E-state index < -0.39 is 16.7 Å². The molecule has 31 heavy (non-hydrogen) atoms. The monoisotopic (exact) mass is 460 g/mol. The van der Waals surface area contributed by atoms with Crippen LogP contribution in [0.1, 0.15) is 21.5 Å². The number of hydrogen-bond donors (Lipinski definition) is 2. The summed E-state index contributed by atoms with van der Waals surface area (Å²) >= 11 is 6.08. The van der Waals surface area contributed by atoms with Crippen molar-refractivity contribution in [2.75, 3.05) is 17.9 Å². The van der Waals surface area contributed by atoms with Crippen LogP contribution in [0.4, 0.5) is 10.1 Å². The molecule has 0 unspecified atom stereocenters. The number of carbonyl (C=O) groups excluding carboxylic acids is 1. The second kappa shape index (κ2) is 9.49. The van der Waals surface area contributed by atoms with Gasteiger partial charge in [-0.25, -0.2) is 12.8 Å². The average molecular weight is 461 g/mol. The molecule has 0 aliphatic heterocycles. The van der Waals surface area contributed by atoms with Crippen LogP contribution in [0.15, 0.2) is 65.6 Å². The maximum atomic E-state index is 12.9. The fourth-order valence-electron chi connectivity index (χ4n) is 3.09. The zero-order valence-electron chi connectivity index (χ0n) is 17.1. The molecule has 0 bridgehead atoms. The van der Waals surface area contributed by atoms with Crippen LogP contribution in [0, 0.1) is 13.8 Å². The van der Waals surface area contributed by atoms with Gasteiger partial charge in [-0.15, -0.1) is 0 Å². The molecule has 0 aliphatic carbocycles. The summed E-state index contributed by atoms with van der Waals surface area (Å²) in [7, 11) is -3.80. The second-order valence-electron chi connectivity index (χ2n) is 7.08. The molecule has 0 atom stereocenters. The molecule has 8 heteroatoms. The molecule has 1 amide bonds. The minimum Gasteiger partial charge on any atom is -0.349 e. The fourth-order valence-corrected chi connectivity index (χ4v) is 4.67. The van der Waals surface area contributed by atoms with Crippen LogP contribution in [0.2, 0.25) is 5.02 Å². The van der Waals surface area contributed by atoms with Crippen LogP contribution in [0.3, 0.4) is 0 Å². The number of aryl methyl sites for hydroxylation is 2. The molecular weight excluding hydrogens is 439 g/mol. The number of carbonyl (C=O) groups is 1. The highest BCUT2D eigenvalue weighted by Gasteiger charge is 2.18. The van der Waals surface area contributed by atoms with E-state index in [1.54, 1.807) is 68.4 Å².